The molecule has 1 rings (SSSR count). The molecular weight excluding hydrogens is 272 g/mol. The Labute approximate surface area is 120 Å². The van der Waals surface area contributed by atoms with Gasteiger partial charge in [0.15, 0.2) is 0 Å². The number of hydrogen-bond acceptors (Lipinski definition) is 5. The van der Waals surface area contributed by atoms with Crippen molar-refractivity contribution in [1.82, 2.24) is 4.90 Å². The average molecular weight is 295 g/mol. The van der Waals surface area contributed by atoms with E-state index in [9.17, 15) is 9.59 Å². The summed E-state index contributed by atoms with van der Waals surface area (Å²) in [5.74, 6) is -0.425. The number of halogens is 1. The number of esters is 1. The monoisotopic (exact) mass is 294 g/mol. The third kappa shape index (κ3) is 4.87. The number of nitrogens with zero attached hydrogens (tertiary/aromatic N) is 1. The van der Waals surface area contributed by atoms with Gasteiger partial charge in [0.1, 0.15) is 11.1 Å². The van der Waals surface area contributed by atoms with Gasteiger partial charge in [0, 0.05) is 13.1 Å². The minimum atomic E-state index is -0.979. The summed E-state index contributed by atoms with van der Waals surface area (Å²) in [7, 11) is 1.32. The van der Waals surface area contributed by atoms with Crippen LogP contribution in [0.4, 0.5) is 4.79 Å². The lowest BCUT2D eigenvalue weighted by Gasteiger charge is -2.37. The molecule has 1 aliphatic rings. The molecule has 112 valence electrons. The molecule has 0 radical (unpaired) electrons. The Kier molecular flexibility index (Phi) is 6.09. The first-order chi connectivity index (χ1) is 8.18. The van der Waals surface area contributed by atoms with Crippen molar-refractivity contribution in [1.29, 1.82) is 0 Å². The number of methoxy groups -OCH3 is 1. The minimum absolute atomic E-state index is 0. The van der Waals surface area contributed by atoms with Crippen molar-refractivity contribution in [2.24, 2.45) is 5.73 Å². The fourth-order valence-corrected chi connectivity index (χ4v) is 1.82. The van der Waals surface area contributed by atoms with Crippen LogP contribution in [0.15, 0.2) is 0 Å². The van der Waals surface area contributed by atoms with Crippen LogP contribution in [0.25, 0.3) is 0 Å². The molecule has 6 nitrogen and oxygen atoms in total. The fraction of sp³-hybridized carbons (Fsp3) is 0.833. The molecule has 1 fully saturated rings. The normalized spacial score (nSPS) is 18.3. The minimum Gasteiger partial charge on any atom is -0.468 e. The van der Waals surface area contributed by atoms with Gasteiger partial charge in [-0.3, -0.25) is 4.79 Å². The molecule has 19 heavy (non-hydrogen) atoms. The third-order valence-electron chi connectivity index (χ3n) is 2.90. The number of carbonyl (C=O) groups is 2. The van der Waals surface area contributed by atoms with Crippen LogP contribution >= 0.6 is 12.4 Å². The number of ether oxygens (including phenoxy) is 2. The Morgan fingerprint density at radius 1 is 1.21 bits per heavy atom. The predicted octanol–water partition coefficient (Wildman–Crippen LogP) is 1.31. The molecule has 0 spiro atoms. The lowest BCUT2D eigenvalue weighted by atomic mass is 9.89. The fourth-order valence-electron chi connectivity index (χ4n) is 1.82. The zero-order valence-electron chi connectivity index (χ0n) is 11.9. The predicted molar refractivity (Wildman–Crippen MR) is 73.2 cm³/mol. The SMILES string of the molecule is COC(=O)C1(N)CCN(C(=O)OC(C)(C)C)CC1.Cl. The van der Waals surface area contributed by atoms with Gasteiger partial charge in [-0.05, 0) is 33.6 Å². The molecule has 1 amide bonds. The first kappa shape index (κ1) is 18.0. The number of nitrogens with two attached hydrogens (primary N) is 1. The average Bonchev–Trinajstić information content (AvgIpc) is 2.26. The Balaban J connectivity index is 0.00000324. The number of likely N-dealkylation sites (tertiary alicyclic amines) is 1. The van der Waals surface area contributed by atoms with E-state index in [1.54, 1.807) is 4.90 Å². The second-order valence-electron chi connectivity index (χ2n) is 5.62. The maximum Gasteiger partial charge on any atom is 0.410 e. The lowest BCUT2D eigenvalue weighted by molar-refractivity contribution is -0.149. The summed E-state index contributed by atoms with van der Waals surface area (Å²) in [5, 5.41) is 0. The second kappa shape index (κ2) is 6.43. The molecule has 0 bridgehead atoms. The van der Waals surface area contributed by atoms with Crippen molar-refractivity contribution in [3.8, 4) is 0 Å². The van der Waals surface area contributed by atoms with E-state index >= 15 is 0 Å². The van der Waals surface area contributed by atoms with E-state index in [-0.39, 0.29) is 18.5 Å². The van der Waals surface area contributed by atoms with E-state index in [1.807, 2.05) is 20.8 Å². The standard InChI is InChI=1S/C12H22N2O4.ClH/c1-11(2,3)18-10(16)14-7-5-12(13,6-8-14)9(15)17-4;/h5-8,13H2,1-4H3;1H. The van der Waals surface area contributed by atoms with Crippen molar-refractivity contribution in [3.63, 3.8) is 0 Å². The van der Waals surface area contributed by atoms with Crippen LogP contribution in [0.5, 0.6) is 0 Å². The van der Waals surface area contributed by atoms with E-state index in [0.717, 1.165) is 0 Å². The van der Waals surface area contributed by atoms with Crippen molar-refractivity contribution in [2.45, 2.75) is 44.8 Å². The summed E-state index contributed by atoms with van der Waals surface area (Å²) in [4.78, 5) is 24.9. The Hall–Kier alpha value is -1.01. The molecule has 0 aromatic heterocycles. The van der Waals surface area contributed by atoms with Crippen molar-refractivity contribution in [2.75, 3.05) is 20.2 Å². The topological polar surface area (TPSA) is 81.9 Å². The largest absolute Gasteiger partial charge is 0.468 e. The quantitative estimate of drug-likeness (QED) is 0.737. The highest BCUT2D eigenvalue weighted by Crippen LogP contribution is 2.22. The first-order valence-electron chi connectivity index (χ1n) is 6.03. The Bertz CT molecular complexity index is 333. The molecule has 0 saturated carbocycles. The van der Waals surface area contributed by atoms with Crippen LogP contribution < -0.4 is 5.73 Å². The lowest BCUT2D eigenvalue weighted by Crippen LogP contribution is -2.57. The Morgan fingerprint density at radius 3 is 2.05 bits per heavy atom. The molecule has 2 N–H and O–H groups in total. The van der Waals surface area contributed by atoms with Gasteiger partial charge < -0.3 is 20.1 Å². The highest BCUT2D eigenvalue weighted by Gasteiger charge is 2.40. The number of amides is 1. The molecule has 7 heteroatoms. The van der Waals surface area contributed by atoms with E-state index in [0.29, 0.717) is 25.9 Å². The summed E-state index contributed by atoms with van der Waals surface area (Å²) in [6, 6.07) is 0. The van der Waals surface area contributed by atoms with Gasteiger partial charge in [-0.2, -0.15) is 0 Å². The summed E-state index contributed by atoms with van der Waals surface area (Å²) in [5.41, 5.74) is 4.45. The van der Waals surface area contributed by atoms with Gasteiger partial charge in [-0.15, -0.1) is 12.4 Å². The molecule has 0 unspecified atom stereocenters. The Morgan fingerprint density at radius 2 is 1.68 bits per heavy atom. The van der Waals surface area contributed by atoms with Crippen LogP contribution in [0.3, 0.4) is 0 Å². The maximum atomic E-state index is 11.8. The van der Waals surface area contributed by atoms with Crippen molar-refractivity contribution >= 4 is 24.5 Å². The van der Waals surface area contributed by atoms with Gasteiger partial charge in [0.2, 0.25) is 0 Å². The van der Waals surface area contributed by atoms with Crippen LogP contribution in [-0.4, -0.2) is 48.3 Å². The summed E-state index contributed by atoms with van der Waals surface area (Å²) in [6.07, 6.45) is 0.409. The van der Waals surface area contributed by atoms with E-state index in [4.69, 9.17) is 10.5 Å². The smallest absolute Gasteiger partial charge is 0.410 e. The highest BCUT2D eigenvalue weighted by molar-refractivity contribution is 5.85. The number of hydrogen-bond donors (Lipinski definition) is 1. The zero-order valence-corrected chi connectivity index (χ0v) is 12.7. The molecule has 0 aromatic carbocycles. The molecule has 0 atom stereocenters. The number of piperidine rings is 1. The molecular formula is C12H23ClN2O4. The van der Waals surface area contributed by atoms with Gasteiger partial charge in [-0.25, -0.2) is 4.79 Å². The van der Waals surface area contributed by atoms with Crippen LogP contribution in [0, 0.1) is 0 Å². The molecule has 1 heterocycles. The van der Waals surface area contributed by atoms with Crippen LogP contribution in [0.1, 0.15) is 33.6 Å². The van der Waals surface area contributed by atoms with E-state index in [1.165, 1.54) is 7.11 Å². The zero-order chi connectivity index (χ0) is 14.0. The summed E-state index contributed by atoms with van der Waals surface area (Å²) in [6.45, 7) is 6.25. The van der Waals surface area contributed by atoms with Crippen LogP contribution in [0.2, 0.25) is 0 Å². The van der Waals surface area contributed by atoms with E-state index < -0.39 is 17.1 Å². The first-order valence-corrected chi connectivity index (χ1v) is 6.03. The second-order valence-corrected chi connectivity index (χ2v) is 5.62. The molecule has 0 aliphatic carbocycles. The summed E-state index contributed by atoms with van der Waals surface area (Å²) >= 11 is 0. The highest BCUT2D eigenvalue weighted by atomic mass is 35.5. The molecule has 0 aromatic rings. The number of rotatable bonds is 1. The van der Waals surface area contributed by atoms with Crippen molar-refractivity contribution in [3.05, 3.63) is 0 Å². The van der Waals surface area contributed by atoms with Crippen molar-refractivity contribution < 1.29 is 19.1 Å². The van der Waals surface area contributed by atoms with Gasteiger partial charge >= 0.3 is 12.1 Å². The summed E-state index contributed by atoms with van der Waals surface area (Å²) < 4.78 is 9.93. The van der Waals surface area contributed by atoms with E-state index in [2.05, 4.69) is 4.74 Å². The van der Waals surface area contributed by atoms with Crippen LogP contribution in [-0.2, 0) is 14.3 Å². The van der Waals surface area contributed by atoms with Gasteiger partial charge in [-0.1, -0.05) is 0 Å². The maximum absolute atomic E-state index is 11.8. The third-order valence-corrected chi connectivity index (χ3v) is 2.90. The molecule has 1 aliphatic heterocycles. The van der Waals surface area contributed by atoms with Gasteiger partial charge in [0.25, 0.3) is 0 Å². The van der Waals surface area contributed by atoms with Gasteiger partial charge in [0.05, 0.1) is 7.11 Å². The number of carbonyl (C=O) groups excluding carboxylic acids is 2. The molecule has 1 saturated heterocycles.